The number of nitrogens with zero attached hydrogens (tertiary/aromatic N) is 1. The van der Waals surface area contributed by atoms with Gasteiger partial charge in [0.05, 0.1) is 10.7 Å². The second-order valence-electron chi connectivity index (χ2n) is 14.4. The summed E-state index contributed by atoms with van der Waals surface area (Å²) < 4.78 is 13.1. The maximum Gasteiger partial charge on any atom is 0.174 e. The number of methoxy groups -OCH3 is 1. The van der Waals surface area contributed by atoms with E-state index in [0.717, 1.165) is 63.0 Å². The highest BCUT2D eigenvalue weighted by atomic mass is 127. The lowest BCUT2D eigenvalue weighted by Crippen LogP contribution is -2.45. The van der Waals surface area contributed by atoms with E-state index in [1.54, 1.807) is 7.11 Å². The fraction of sp³-hybridized carbons (Fsp3) is 0.385. The first-order chi connectivity index (χ1) is 21.9. The summed E-state index contributed by atoms with van der Waals surface area (Å²) >= 11 is 8.36. The van der Waals surface area contributed by atoms with Crippen LogP contribution in [-0.4, -0.2) is 30.1 Å². The fourth-order valence-electron chi connectivity index (χ4n) is 7.32. The minimum absolute atomic E-state index is 0.127. The van der Waals surface area contributed by atoms with Crippen molar-refractivity contribution in [3.05, 3.63) is 115 Å². The first kappa shape index (κ1) is 32.8. The summed E-state index contributed by atoms with van der Waals surface area (Å²) in [4.78, 5) is 30.9. The van der Waals surface area contributed by atoms with Gasteiger partial charge in [-0.3, -0.25) is 9.59 Å². The summed E-state index contributed by atoms with van der Waals surface area (Å²) in [5, 5.41) is 0.676. The average Bonchev–Trinajstić information content (AvgIpc) is 2.99. The van der Waals surface area contributed by atoms with Crippen molar-refractivity contribution in [3.8, 4) is 11.5 Å². The fourth-order valence-corrected chi connectivity index (χ4v) is 8.23. The van der Waals surface area contributed by atoms with E-state index < -0.39 is 5.92 Å². The van der Waals surface area contributed by atoms with Crippen LogP contribution in [0.15, 0.2) is 89.3 Å². The molecule has 3 aliphatic rings. The predicted molar refractivity (Wildman–Crippen MR) is 191 cm³/mol. The van der Waals surface area contributed by atoms with Crippen LogP contribution < -0.4 is 9.47 Å². The molecule has 0 amide bonds. The van der Waals surface area contributed by atoms with Crippen LogP contribution in [0.25, 0.3) is 0 Å². The topological polar surface area (TPSA) is 55.8 Å². The summed E-state index contributed by atoms with van der Waals surface area (Å²) in [5.74, 6) is 1.03. The Labute approximate surface area is 291 Å². The van der Waals surface area contributed by atoms with Crippen LogP contribution in [0.3, 0.4) is 0 Å². The Kier molecular flexibility index (Phi) is 9.16. The smallest absolute Gasteiger partial charge is 0.174 e. The van der Waals surface area contributed by atoms with Crippen molar-refractivity contribution in [2.75, 3.05) is 13.7 Å². The van der Waals surface area contributed by atoms with Crippen molar-refractivity contribution in [1.29, 1.82) is 0 Å². The number of hydrogen-bond donors (Lipinski definition) is 0. The Hall–Kier alpha value is -3.10. The molecule has 0 unspecified atom stereocenters. The second-order valence-corrected chi connectivity index (χ2v) is 16.0. The summed E-state index contributed by atoms with van der Waals surface area (Å²) in [6.45, 7) is 9.79. The highest BCUT2D eigenvalue weighted by Gasteiger charge is 2.49. The number of carbonyl (C=O) groups excluding carboxylic acids is 2. The van der Waals surface area contributed by atoms with Crippen LogP contribution in [-0.2, 0) is 22.6 Å². The molecule has 0 N–H and O–H groups in total. The first-order valence-corrected chi connectivity index (χ1v) is 17.4. The molecule has 240 valence electrons. The molecule has 7 heteroatoms. The standard InChI is InChI=1S/C39H41ClINO4/c1-38(2)19-29-35(31(43)21-38)34(26-17-28(41)37(33(18-26)45-5)46-23-25-11-13-27(40)14-12-25)36-30(20-39(3,4)22-32(36)44)42(29)16-15-24-9-7-6-8-10-24/h6-14,17-18,34H,15-16,19-23H2,1-5H3. The van der Waals surface area contributed by atoms with Crippen molar-refractivity contribution in [1.82, 2.24) is 4.90 Å². The number of rotatable bonds is 8. The van der Waals surface area contributed by atoms with Crippen molar-refractivity contribution in [2.24, 2.45) is 10.8 Å². The highest BCUT2D eigenvalue weighted by molar-refractivity contribution is 14.1. The molecule has 6 rings (SSSR count). The van der Waals surface area contributed by atoms with E-state index >= 15 is 0 Å². The van der Waals surface area contributed by atoms with E-state index in [1.807, 2.05) is 36.4 Å². The Morgan fingerprint density at radius 1 is 0.826 bits per heavy atom. The number of ether oxygens (including phenoxy) is 2. The van der Waals surface area contributed by atoms with Gasteiger partial charge in [0.1, 0.15) is 6.61 Å². The van der Waals surface area contributed by atoms with Gasteiger partial charge < -0.3 is 14.4 Å². The van der Waals surface area contributed by atoms with Gasteiger partial charge in [-0.1, -0.05) is 81.8 Å². The van der Waals surface area contributed by atoms with E-state index in [2.05, 4.69) is 85.5 Å². The molecular formula is C39H41ClINO4. The molecule has 1 heterocycles. The van der Waals surface area contributed by atoms with Gasteiger partial charge >= 0.3 is 0 Å². The SMILES string of the molecule is COc1cc(C2C3=C(CC(C)(C)CC3=O)N(CCc3ccccc3)C3=C2C(=O)CC(C)(C)C3)cc(I)c1OCc1ccc(Cl)cc1. The Bertz CT molecular complexity index is 1690. The van der Waals surface area contributed by atoms with Crippen molar-refractivity contribution in [3.63, 3.8) is 0 Å². The van der Waals surface area contributed by atoms with E-state index in [9.17, 15) is 9.59 Å². The molecule has 1 aliphatic heterocycles. The van der Waals surface area contributed by atoms with Crippen LogP contribution in [0.2, 0.25) is 5.02 Å². The predicted octanol–water partition coefficient (Wildman–Crippen LogP) is 9.46. The second kappa shape index (κ2) is 12.8. The summed E-state index contributed by atoms with van der Waals surface area (Å²) in [7, 11) is 1.63. The highest BCUT2D eigenvalue weighted by Crippen LogP contribution is 2.55. The van der Waals surface area contributed by atoms with Crippen LogP contribution in [0.4, 0.5) is 0 Å². The Morgan fingerprint density at radius 3 is 1.98 bits per heavy atom. The van der Waals surface area contributed by atoms with Crippen LogP contribution in [0, 0.1) is 14.4 Å². The van der Waals surface area contributed by atoms with E-state index in [-0.39, 0.29) is 22.4 Å². The maximum atomic E-state index is 14.3. The van der Waals surface area contributed by atoms with Gasteiger partial charge in [0.15, 0.2) is 23.1 Å². The third kappa shape index (κ3) is 6.66. The quantitative estimate of drug-likeness (QED) is 0.215. The number of carbonyl (C=O) groups is 2. The molecule has 0 spiro atoms. The molecule has 0 atom stereocenters. The summed E-state index contributed by atoms with van der Waals surface area (Å²) in [6.07, 6.45) is 3.29. The molecule has 3 aromatic carbocycles. The number of Topliss-reactive ketones (excluding diaryl/α,β-unsaturated/α-hetero) is 2. The third-order valence-electron chi connectivity index (χ3n) is 9.37. The molecule has 0 fully saturated rings. The molecule has 0 radical (unpaired) electrons. The monoisotopic (exact) mass is 749 g/mol. The van der Waals surface area contributed by atoms with Crippen molar-refractivity contribution in [2.45, 2.75) is 72.3 Å². The lowest BCUT2D eigenvalue weighted by molar-refractivity contribution is -0.119. The summed E-state index contributed by atoms with van der Waals surface area (Å²) in [6, 6.07) is 22.1. The number of halogens is 2. The lowest BCUT2D eigenvalue weighted by atomic mass is 9.63. The molecule has 0 aromatic heterocycles. The van der Waals surface area contributed by atoms with E-state index in [1.165, 1.54) is 5.56 Å². The van der Waals surface area contributed by atoms with Gasteiger partial charge in [0.25, 0.3) is 0 Å². The molecular weight excluding hydrogens is 709 g/mol. The van der Waals surface area contributed by atoms with Gasteiger partial charge in [-0.05, 0) is 93.6 Å². The van der Waals surface area contributed by atoms with Gasteiger partial charge in [-0.2, -0.15) is 0 Å². The number of ketones is 2. The van der Waals surface area contributed by atoms with E-state index in [0.29, 0.717) is 36.0 Å². The molecule has 5 nitrogen and oxygen atoms in total. The number of benzene rings is 3. The van der Waals surface area contributed by atoms with Gasteiger partial charge in [-0.25, -0.2) is 0 Å². The minimum atomic E-state index is -0.446. The molecule has 2 aliphatic carbocycles. The number of allylic oxidation sites excluding steroid dienone is 4. The maximum absolute atomic E-state index is 14.3. The average molecular weight is 750 g/mol. The van der Waals surface area contributed by atoms with Crippen molar-refractivity contribution < 1.29 is 19.1 Å². The molecule has 0 bridgehead atoms. The Balaban J connectivity index is 1.47. The largest absolute Gasteiger partial charge is 0.493 e. The van der Waals surface area contributed by atoms with Gasteiger partial charge in [0, 0.05) is 52.9 Å². The minimum Gasteiger partial charge on any atom is -0.493 e. The molecule has 46 heavy (non-hydrogen) atoms. The van der Waals surface area contributed by atoms with E-state index in [4.69, 9.17) is 21.1 Å². The molecule has 3 aromatic rings. The summed E-state index contributed by atoms with van der Waals surface area (Å²) in [5.41, 5.74) is 6.45. The lowest BCUT2D eigenvalue weighted by Gasteiger charge is -2.49. The Morgan fingerprint density at radius 2 is 1.41 bits per heavy atom. The first-order valence-electron chi connectivity index (χ1n) is 15.9. The zero-order valence-corrected chi connectivity index (χ0v) is 30.1. The molecule has 0 saturated heterocycles. The van der Waals surface area contributed by atoms with Gasteiger partial charge in [-0.15, -0.1) is 0 Å². The molecule has 0 saturated carbocycles. The van der Waals surface area contributed by atoms with Crippen LogP contribution in [0.5, 0.6) is 11.5 Å². The van der Waals surface area contributed by atoms with Crippen LogP contribution >= 0.6 is 34.2 Å². The normalized spacial score (nSPS) is 19.2. The van der Waals surface area contributed by atoms with Gasteiger partial charge in [0.2, 0.25) is 0 Å². The van der Waals surface area contributed by atoms with Crippen molar-refractivity contribution >= 4 is 45.8 Å². The number of hydrogen-bond acceptors (Lipinski definition) is 5. The third-order valence-corrected chi connectivity index (χ3v) is 10.4. The zero-order valence-electron chi connectivity index (χ0n) is 27.2. The zero-order chi connectivity index (χ0) is 32.8. The van der Waals surface area contributed by atoms with Crippen LogP contribution in [0.1, 0.15) is 76.0 Å².